The van der Waals surface area contributed by atoms with Gasteiger partial charge in [-0.2, -0.15) is 0 Å². The van der Waals surface area contributed by atoms with Crippen molar-refractivity contribution in [1.29, 1.82) is 0 Å². The largest absolute Gasteiger partial charge is 0.388 e. The molecule has 2 nitrogen and oxygen atoms in total. The molecule has 1 heterocycles. The molecule has 0 bridgehead atoms. The molecule has 0 radical (unpaired) electrons. The summed E-state index contributed by atoms with van der Waals surface area (Å²) in [5, 5.41) is 10.0. The molecule has 0 aliphatic heterocycles. The van der Waals surface area contributed by atoms with E-state index in [1.54, 1.807) is 0 Å². The van der Waals surface area contributed by atoms with Crippen molar-refractivity contribution in [3.05, 3.63) is 52.8 Å². The summed E-state index contributed by atoms with van der Waals surface area (Å²) in [6, 6.07) is 8.60. The average molecular weight is 241 g/mol. The molecular formula is C16H19NO. The zero-order chi connectivity index (χ0) is 12.7. The maximum atomic E-state index is 10.0. The molecular weight excluding hydrogens is 222 g/mol. The fourth-order valence-electron chi connectivity index (χ4n) is 2.78. The van der Waals surface area contributed by atoms with Gasteiger partial charge in [-0.25, -0.2) is 0 Å². The van der Waals surface area contributed by atoms with E-state index < -0.39 is 0 Å². The van der Waals surface area contributed by atoms with Gasteiger partial charge in [0.1, 0.15) is 0 Å². The predicted octanol–water partition coefficient (Wildman–Crippen LogP) is 3.46. The number of benzene rings is 1. The van der Waals surface area contributed by atoms with Crippen LogP contribution in [0.4, 0.5) is 0 Å². The van der Waals surface area contributed by atoms with Crippen LogP contribution in [-0.2, 0) is 6.42 Å². The number of aliphatic hydroxyl groups is 1. The van der Waals surface area contributed by atoms with Crippen LogP contribution in [0.3, 0.4) is 0 Å². The number of hydrogen-bond donors (Lipinski definition) is 1. The van der Waals surface area contributed by atoms with Crippen molar-refractivity contribution in [3.63, 3.8) is 0 Å². The molecule has 94 valence electrons. The van der Waals surface area contributed by atoms with E-state index in [0.29, 0.717) is 0 Å². The molecule has 2 aromatic rings. The Morgan fingerprint density at radius 3 is 2.78 bits per heavy atom. The zero-order valence-corrected chi connectivity index (χ0v) is 11.0. The first-order chi connectivity index (χ1) is 8.66. The van der Waals surface area contributed by atoms with Crippen LogP contribution in [0.2, 0.25) is 0 Å². The van der Waals surface area contributed by atoms with Gasteiger partial charge in [0, 0.05) is 23.1 Å². The molecule has 0 spiro atoms. The Morgan fingerprint density at radius 2 is 2.00 bits per heavy atom. The summed E-state index contributed by atoms with van der Waals surface area (Å²) in [6.07, 6.45) is 4.84. The first-order valence-electron chi connectivity index (χ1n) is 6.62. The number of aryl methyl sites for hydroxylation is 2. The maximum Gasteiger partial charge on any atom is 0.0807 e. The van der Waals surface area contributed by atoms with Gasteiger partial charge < -0.3 is 9.67 Å². The molecule has 1 aromatic heterocycles. The maximum absolute atomic E-state index is 10.0. The number of aromatic nitrogens is 1. The summed E-state index contributed by atoms with van der Waals surface area (Å²) in [7, 11) is 0. The minimum absolute atomic E-state index is 0.276. The third kappa shape index (κ3) is 1.77. The van der Waals surface area contributed by atoms with Crippen LogP contribution in [0.5, 0.6) is 0 Å². The van der Waals surface area contributed by atoms with Gasteiger partial charge in [0.25, 0.3) is 0 Å². The Kier molecular flexibility index (Phi) is 2.75. The third-order valence-corrected chi connectivity index (χ3v) is 4.05. The van der Waals surface area contributed by atoms with Gasteiger partial charge in [-0.1, -0.05) is 6.07 Å². The lowest BCUT2D eigenvalue weighted by Crippen LogP contribution is -2.11. The Morgan fingerprint density at radius 1 is 1.17 bits per heavy atom. The van der Waals surface area contributed by atoms with Gasteiger partial charge in [0.05, 0.1) is 6.10 Å². The Bertz CT molecular complexity index is 583. The standard InChI is InChI=1S/C16H19NO/c1-11-6-7-13(10-12(11)2)17-9-8-14-15(17)4-3-5-16(14)18/h6-10,16,18H,3-5H2,1-2H3. The molecule has 0 fully saturated rings. The highest BCUT2D eigenvalue weighted by molar-refractivity contribution is 5.44. The summed E-state index contributed by atoms with van der Waals surface area (Å²) in [5.41, 5.74) is 6.22. The monoisotopic (exact) mass is 241 g/mol. The first-order valence-corrected chi connectivity index (χ1v) is 6.62. The van der Waals surface area contributed by atoms with Crippen LogP contribution in [0, 0.1) is 13.8 Å². The van der Waals surface area contributed by atoms with Crippen LogP contribution in [-0.4, -0.2) is 9.67 Å². The molecule has 1 N–H and O–H groups in total. The number of fused-ring (bicyclic) bond motifs is 1. The summed E-state index contributed by atoms with van der Waals surface area (Å²) in [4.78, 5) is 0. The van der Waals surface area contributed by atoms with Gasteiger partial charge in [0.2, 0.25) is 0 Å². The van der Waals surface area contributed by atoms with Crippen molar-refractivity contribution in [2.24, 2.45) is 0 Å². The first kappa shape index (κ1) is 11.5. The predicted molar refractivity (Wildman–Crippen MR) is 73.1 cm³/mol. The van der Waals surface area contributed by atoms with Crippen molar-refractivity contribution in [1.82, 2.24) is 4.57 Å². The SMILES string of the molecule is Cc1ccc(-n2ccc3c2CCCC3O)cc1C. The molecule has 3 rings (SSSR count). The van der Waals surface area contributed by atoms with Gasteiger partial charge >= 0.3 is 0 Å². The van der Waals surface area contributed by atoms with Crippen molar-refractivity contribution in [2.45, 2.75) is 39.2 Å². The van der Waals surface area contributed by atoms with Crippen molar-refractivity contribution in [2.75, 3.05) is 0 Å². The molecule has 1 unspecified atom stereocenters. The van der Waals surface area contributed by atoms with E-state index in [1.165, 1.54) is 22.5 Å². The quantitative estimate of drug-likeness (QED) is 0.812. The van der Waals surface area contributed by atoms with E-state index in [-0.39, 0.29) is 6.10 Å². The molecule has 0 amide bonds. The van der Waals surface area contributed by atoms with E-state index >= 15 is 0 Å². The molecule has 1 aliphatic rings. The molecule has 0 saturated heterocycles. The van der Waals surface area contributed by atoms with Gasteiger partial charge in [-0.3, -0.25) is 0 Å². The minimum Gasteiger partial charge on any atom is -0.388 e. The van der Waals surface area contributed by atoms with Crippen LogP contribution >= 0.6 is 0 Å². The fraction of sp³-hybridized carbons (Fsp3) is 0.375. The Hall–Kier alpha value is -1.54. The third-order valence-electron chi connectivity index (χ3n) is 4.05. The van der Waals surface area contributed by atoms with E-state index in [2.05, 4.69) is 48.9 Å². The van der Waals surface area contributed by atoms with Crippen LogP contribution in [0.25, 0.3) is 5.69 Å². The van der Waals surface area contributed by atoms with Crippen LogP contribution < -0.4 is 0 Å². The Balaban J connectivity index is 2.09. The summed E-state index contributed by atoms with van der Waals surface area (Å²) < 4.78 is 2.23. The van der Waals surface area contributed by atoms with Gasteiger partial charge in [0.15, 0.2) is 0 Å². The van der Waals surface area contributed by atoms with Crippen molar-refractivity contribution in [3.8, 4) is 5.69 Å². The average Bonchev–Trinajstić information content (AvgIpc) is 2.78. The van der Waals surface area contributed by atoms with E-state index in [9.17, 15) is 5.11 Å². The second-order valence-corrected chi connectivity index (χ2v) is 5.26. The normalized spacial score (nSPS) is 18.7. The highest BCUT2D eigenvalue weighted by Gasteiger charge is 2.21. The van der Waals surface area contributed by atoms with E-state index in [0.717, 1.165) is 24.8 Å². The molecule has 2 heteroatoms. The van der Waals surface area contributed by atoms with Gasteiger partial charge in [-0.15, -0.1) is 0 Å². The lowest BCUT2D eigenvalue weighted by atomic mass is 9.95. The molecule has 1 aliphatic carbocycles. The highest BCUT2D eigenvalue weighted by atomic mass is 16.3. The number of aliphatic hydroxyl groups excluding tert-OH is 1. The second-order valence-electron chi connectivity index (χ2n) is 5.26. The van der Waals surface area contributed by atoms with E-state index in [4.69, 9.17) is 0 Å². The number of rotatable bonds is 1. The highest BCUT2D eigenvalue weighted by Crippen LogP contribution is 2.32. The zero-order valence-electron chi connectivity index (χ0n) is 11.0. The Labute approximate surface area is 108 Å². The molecule has 1 aromatic carbocycles. The fourth-order valence-corrected chi connectivity index (χ4v) is 2.78. The van der Waals surface area contributed by atoms with Crippen molar-refractivity contribution >= 4 is 0 Å². The summed E-state index contributed by atoms with van der Waals surface area (Å²) >= 11 is 0. The summed E-state index contributed by atoms with van der Waals surface area (Å²) in [5.74, 6) is 0. The van der Waals surface area contributed by atoms with Gasteiger partial charge in [-0.05, 0) is 62.4 Å². The number of nitrogens with zero attached hydrogens (tertiary/aromatic N) is 1. The molecule has 0 saturated carbocycles. The van der Waals surface area contributed by atoms with Crippen LogP contribution in [0.15, 0.2) is 30.5 Å². The smallest absolute Gasteiger partial charge is 0.0807 e. The van der Waals surface area contributed by atoms with Crippen molar-refractivity contribution < 1.29 is 5.11 Å². The lowest BCUT2D eigenvalue weighted by molar-refractivity contribution is 0.156. The van der Waals surface area contributed by atoms with Crippen LogP contribution in [0.1, 0.15) is 41.3 Å². The molecule has 1 atom stereocenters. The topological polar surface area (TPSA) is 25.2 Å². The lowest BCUT2D eigenvalue weighted by Gasteiger charge is -2.20. The molecule has 18 heavy (non-hydrogen) atoms. The second kappa shape index (κ2) is 4.29. The number of hydrogen-bond acceptors (Lipinski definition) is 1. The summed E-state index contributed by atoms with van der Waals surface area (Å²) in [6.45, 7) is 4.28. The van der Waals surface area contributed by atoms with E-state index in [1.807, 2.05) is 0 Å². The minimum atomic E-state index is -0.276.